The van der Waals surface area contributed by atoms with Crippen LogP contribution in [-0.2, 0) is 6.54 Å². The van der Waals surface area contributed by atoms with E-state index < -0.39 is 0 Å². The largest absolute Gasteiger partial charge is 0.348 e. The lowest BCUT2D eigenvalue weighted by atomic mass is 10.1. The monoisotopic (exact) mass is 239 g/mol. The summed E-state index contributed by atoms with van der Waals surface area (Å²) < 4.78 is 0. The summed E-state index contributed by atoms with van der Waals surface area (Å²) in [6.07, 6.45) is 7.28. The SMILES string of the molecule is C#CCN(C)c1ncc(CNC)c2ccccc12. The number of terminal acetylenes is 1. The van der Waals surface area contributed by atoms with Crippen LogP contribution in [-0.4, -0.2) is 25.6 Å². The molecule has 0 unspecified atom stereocenters. The standard InChI is InChI=1S/C15H17N3/c1-4-9-18(3)15-14-8-6-5-7-13(14)12(10-16-2)11-17-15/h1,5-8,11,16H,9-10H2,2-3H3. The molecule has 1 aromatic heterocycles. The summed E-state index contributed by atoms with van der Waals surface area (Å²) in [7, 11) is 3.90. The van der Waals surface area contributed by atoms with Gasteiger partial charge in [-0.1, -0.05) is 30.2 Å². The Morgan fingerprint density at radius 3 is 2.72 bits per heavy atom. The Hall–Kier alpha value is -2.05. The van der Waals surface area contributed by atoms with Crippen molar-refractivity contribution < 1.29 is 0 Å². The molecule has 0 atom stereocenters. The van der Waals surface area contributed by atoms with Crippen molar-refractivity contribution in [2.24, 2.45) is 0 Å². The maximum absolute atomic E-state index is 5.36. The second kappa shape index (κ2) is 5.52. The lowest BCUT2D eigenvalue weighted by molar-refractivity contribution is 0.819. The number of nitrogens with zero attached hydrogens (tertiary/aromatic N) is 2. The predicted octanol–water partition coefficient (Wildman–Crippen LogP) is 2.02. The molecule has 0 fully saturated rings. The molecule has 1 N–H and O–H groups in total. The van der Waals surface area contributed by atoms with E-state index in [0.717, 1.165) is 17.7 Å². The van der Waals surface area contributed by atoms with Crippen LogP contribution in [0.2, 0.25) is 0 Å². The van der Waals surface area contributed by atoms with Gasteiger partial charge in [0.05, 0.1) is 6.54 Å². The number of rotatable bonds is 4. The number of nitrogens with one attached hydrogen (secondary N) is 1. The highest BCUT2D eigenvalue weighted by Crippen LogP contribution is 2.26. The highest BCUT2D eigenvalue weighted by molar-refractivity contribution is 5.94. The molecule has 0 aliphatic rings. The molecule has 1 aromatic carbocycles. The fourth-order valence-electron chi connectivity index (χ4n) is 2.08. The van der Waals surface area contributed by atoms with Crippen LogP contribution >= 0.6 is 0 Å². The van der Waals surface area contributed by atoms with E-state index in [4.69, 9.17) is 6.42 Å². The molecule has 0 bridgehead atoms. The molecule has 3 nitrogen and oxygen atoms in total. The van der Waals surface area contributed by atoms with Gasteiger partial charge in [0.2, 0.25) is 0 Å². The lowest BCUT2D eigenvalue weighted by Crippen LogP contribution is -2.19. The van der Waals surface area contributed by atoms with E-state index >= 15 is 0 Å². The minimum Gasteiger partial charge on any atom is -0.348 e. The molecule has 0 aliphatic carbocycles. The third-order valence-corrected chi connectivity index (χ3v) is 2.91. The zero-order valence-electron chi connectivity index (χ0n) is 10.8. The summed E-state index contributed by atoms with van der Waals surface area (Å²) in [5, 5.41) is 5.53. The number of aromatic nitrogens is 1. The number of hydrogen-bond donors (Lipinski definition) is 1. The van der Waals surface area contributed by atoms with E-state index in [2.05, 4.69) is 28.4 Å². The Morgan fingerprint density at radius 2 is 2.06 bits per heavy atom. The molecule has 0 aliphatic heterocycles. The third kappa shape index (κ3) is 2.29. The summed E-state index contributed by atoms with van der Waals surface area (Å²) in [5.41, 5.74) is 1.20. The maximum Gasteiger partial charge on any atom is 0.136 e. The molecule has 0 saturated heterocycles. The van der Waals surface area contributed by atoms with Crippen molar-refractivity contribution in [1.29, 1.82) is 0 Å². The van der Waals surface area contributed by atoms with Gasteiger partial charge in [-0.2, -0.15) is 0 Å². The Bertz CT molecular complexity index is 584. The van der Waals surface area contributed by atoms with E-state index in [1.165, 1.54) is 10.9 Å². The first-order valence-corrected chi connectivity index (χ1v) is 5.93. The first-order valence-electron chi connectivity index (χ1n) is 5.93. The van der Waals surface area contributed by atoms with Gasteiger partial charge in [0.25, 0.3) is 0 Å². The Balaban J connectivity index is 2.57. The Labute approximate surface area is 108 Å². The molecule has 0 amide bonds. The van der Waals surface area contributed by atoms with Gasteiger partial charge in [-0.05, 0) is 18.0 Å². The van der Waals surface area contributed by atoms with Crippen LogP contribution in [0.4, 0.5) is 5.82 Å². The molecule has 92 valence electrons. The van der Waals surface area contributed by atoms with Crippen LogP contribution in [0.15, 0.2) is 30.5 Å². The highest BCUT2D eigenvalue weighted by atomic mass is 15.2. The summed E-state index contributed by atoms with van der Waals surface area (Å²) in [6, 6.07) is 8.29. The van der Waals surface area contributed by atoms with Gasteiger partial charge in [-0.25, -0.2) is 4.98 Å². The van der Waals surface area contributed by atoms with E-state index in [0.29, 0.717) is 6.54 Å². The highest BCUT2D eigenvalue weighted by Gasteiger charge is 2.09. The van der Waals surface area contributed by atoms with Crippen molar-refractivity contribution in [2.75, 3.05) is 25.5 Å². The first kappa shape index (κ1) is 12.4. The molecule has 1 heterocycles. The predicted molar refractivity (Wildman–Crippen MR) is 76.6 cm³/mol. The fourth-order valence-corrected chi connectivity index (χ4v) is 2.08. The smallest absolute Gasteiger partial charge is 0.136 e. The average Bonchev–Trinajstić information content (AvgIpc) is 2.39. The molecule has 18 heavy (non-hydrogen) atoms. The average molecular weight is 239 g/mol. The van der Waals surface area contributed by atoms with E-state index in [-0.39, 0.29) is 0 Å². The van der Waals surface area contributed by atoms with Crippen molar-refractivity contribution >= 4 is 16.6 Å². The molecule has 3 heteroatoms. The van der Waals surface area contributed by atoms with Crippen LogP contribution in [0.3, 0.4) is 0 Å². The normalized spacial score (nSPS) is 10.3. The molecule has 2 rings (SSSR count). The maximum atomic E-state index is 5.36. The van der Waals surface area contributed by atoms with Crippen molar-refractivity contribution in [3.8, 4) is 12.3 Å². The van der Waals surface area contributed by atoms with Gasteiger partial charge < -0.3 is 10.2 Å². The lowest BCUT2D eigenvalue weighted by Gasteiger charge is -2.18. The van der Waals surface area contributed by atoms with Crippen LogP contribution in [0.5, 0.6) is 0 Å². The minimum atomic E-state index is 0.558. The summed E-state index contributed by atoms with van der Waals surface area (Å²) in [5.74, 6) is 3.58. The second-order valence-corrected chi connectivity index (χ2v) is 4.24. The molecular formula is C15H17N3. The van der Waals surface area contributed by atoms with Crippen molar-refractivity contribution in [3.63, 3.8) is 0 Å². The van der Waals surface area contributed by atoms with Crippen LogP contribution in [0.25, 0.3) is 10.8 Å². The van der Waals surface area contributed by atoms with Gasteiger partial charge in [-0.3, -0.25) is 0 Å². The van der Waals surface area contributed by atoms with Crippen molar-refractivity contribution in [1.82, 2.24) is 10.3 Å². The number of benzene rings is 1. The third-order valence-electron chi connectivity index (χ3n) is 2.91. The van der Waals surface area contributed by atoms with Crippen LogP contribution < -0.4 is 10.2 Å². The minimum absolute atomic E-state index is 0.558. The molecule has 0 spiro atoms. The molecule has 0 saturated carbocycles. The number of pyridine rings is 1. The van der Waals surface area contributed by atoms with E-state index in [9.17, 15) is 0 Å². The Morgan fingerprint density at radius 1 is 1.33 bits per heavy atom. The second-order valence-electron chi connectivity index (χ2n) is 4.24. The van der Waals surface area contributed by atoms with Crippen molar-refractivity contribution in [2.45, 2.75) is 6.54 Å². The van der Waals surface area contributed by atoms with Crippen molar-refractivity contribution in [3.05, 3.63) is 36.0 Å². The van der Waals surface area contributed by atoms with Crippen LogP contribution in [0.1, 0.15) is 5.56 Å². The number of hydrogen-bond acceptors (Lipinski definition) is 3. The van der Waals surface area contributed by atoms with E-state index in [1.807, 2.05) is 37.3 Å². The van der Waals surface area contributed by atoms with Gasteiger partial charge >= 0.3 is 0 Å². The van der Waals surface area contributed by atoms with Gasteiger partial charge in [0, 0.05) is 25.2 Å². The van der Waals surface area contributed by atoms with Gasteiger partial charge in [-0.15, -0.1) is 6.42 Å². The fraction of sp³-hybridized carbons (Fsp3) is 0.267. The van der Waals surface area contributed by atoms with Crippen LogP contribution in [0, 0.1) is 12.3 Å². The quantitative estimate of drug-likeness (QED) is 0.827. The topological polar surface area (TPSA) is 28.2 Å². The Kier molecular flexibility index (Phi) is 3.81. The van der Waals surface area contributed by atoms with Gasteiger partial charge in [0.1, 0.15) is 5.82 Å². The van der Waals surface area contributed by atoms with E-state index in [1.54, 1.807) is 0 Å². The summed E-state index contributed by atoms with van der Waals surface area (Å²) in [6.45, 7) is 1.37. The molecule has 2 aromatic rings. The summed E-state index contributed by atoms with van der Waals surface area (Å²) >= 11 is 0. The first-order chi connectivity index (χ1) is 8.77. The zero-order valence-corrected chi connectivity index (χ0v) is 10.8. The number of anilines is 1. The molecule has 0 radical (unpaired) electrons. The molecular weight excluding hydrogens is 222 g/mol. The zero-order chi connectivity index (χ0) is 13.0. The number of fused-ring (bicyclic) bond motifs is 1. The van der Waals surface area contributed by atoms with Gasteiger partial charge in [0.15, 0.2) is 0 Å². The summed E-state index contributed by atoms with van der Waals surface area (Å²) in [4.78, 5) is 6.53.